The summed E-state index contributed by atoms with van der Waals surface area (Å²) in [5.74, 6) is 0.0135. The average molecular weight is 380 g/mol. The van der Waals surface area contributed by atoms with Gasteiger partial charge < -0.3 is 16.0 Å². The second-order valence-electron chi connectivity index (χ2n) is 5.95. The van der Waals surface area contributed by atoms with Crippen LogP contribution >= 0.6 is 23.7 Å². The average Bonchev–Trinajstić information content (AvgIpc) is 3.17. The molecular formula is C18H22ClN3O2S. The molecule has 1 aromatic carbocycles. The fraction of sp³-hybridized carbons (Fsp3) is 0.333. The lowest BCUT2D eigenvalue weighted by molar-refractivity contribution is 0.0698. The number of nitrogens with zero attached hydrogens (tertiary/aromatic N) is 1. The molecule has 5 nitrogen and oxygen atoms in total. The number of nitrogens with two attached hydrogens (primary N) is 1. The maximum Gasteiger partial charge on any atom is 0.253 e. The molecule has 2 aromatic rings. The van der Waals surface area contributed by atoms with E-state index in [0.29, 0.717) is 30.8 Å². The SMILES string of the molecule is Cl.NCc1ccc(C(=O)N2CCC(NC(=O)c3ccsc3)CC2)cc1. The highest BCUT2D eigenvalue weighted by Gasteiger charge is 2.24. The van der Waals surface area contributed by atoms with E-state index in [2.05, 4.69) is 5.32 Å². The van der Waals surface area contributed by atoms with E-state index in [1.54, 1.807) is 0 Å². The van der Waals surface area contributed by atoms with Crippen LogP contribution in [0.2, 0.25) is 0 Å². The summed E-state index contributed by atoms with van der Waals surface area (Å²) in [7, 11) is 0. The van der Waals surface area contributed by atoms with Crippen LogP contribution in [0.15, 0.2) is 41.1 Å². The molecule has 1 aromatic heterocycles. The monoisotopic (exact) mass is 379 g/mol. The summed E-state index contributed by atoms with van der Waals surface area (Å²) >= 11 is 1.51. The third-order valence-electron chi connectivity index (χ3n) is 4.34. The number of piperidine rings is 1. The molecule has 3 N–H and O–H groups in total. The molecule has 3 rings (SSSR count). The van der Waals surface area contributed by atoms with E-state index in [1.165, 1.54) is 11.3 Å². The molecule has 0 atom stereocenters. The Morgan fingerprint density at radius 1 is 1.12 bits per heavy atom. The van der Waals surface area contributed by atoms with Crippen molar-refractivity contribution in [3.05, 3.63) is 57.8 Å². The summed E-state index contributed by atoms with van der Waals surface area (Å²) in [6.45, 7) is 1.79. The molecule has 0 radical (unpaired) electrons. The first-order chi connectivity index (χ1) is 11.7. The van der Waals surface area contributed by atoms with Crippen LogP contribution in [0.4, 0.5) is 0 Å². The van der Waals surface area contributed by atoms with Crippen molar-refractivity contribution in [3.8, 4) is 0 Å². The topological polar surface area (TPSA) is 75.4 Å². The summed E-state index contributed by atoms with van der Waals surface area (Å²) in [6, 6.07) is 9.39. The van der Waals surface area contributed by atoms with Crippen LogP contribution in [0.1, 0.15) is 39.1 Å². The predicted octanol–water partition coefficient (Wildman–Crippen LogP) is 2.66. The molecule has 7 heteroatoms. The minimum Gasteiger partial charge on any atom is -0.349 e. The lowest BCUT2D eigenvalue weighted by atomic mass is 10.0. The van der Waals surface area contributed by atoms with Gasteiger partial charge in [0.1, 0.15) is 0 Å². The first-order valence-electron chi connectivity index (χ1n) is 8.08. The molecule has 134 valence electrons. The number of halogens is 1. The van der Waals surface area contributed by atoms with Gasteiger partial charge in [0.25, 0.3) is 11.8 Å². The summed E-state index contributed by atoms with van der Waals surface area (Å²) < 4.78 is 0. The van der Waals surface area contributed by atoms with E-state index >= 15 is 0 Å². The molecule has 1 fully saturated rings. The molecule has 0 saturated carbocycles. The van der Waals surface area contributed by atoms with Crippen LogP contribution in [0.3, 0.4) is 0 Å². The molecule has 0 unspecified atom stereocenters. The van der Waals surface area contributed by atoms with Crippen molar-refractivity contribution in [3.63, 3.8) is 0 Å². The van der Waals surface area contributed by atoms with Gasteiger partial charge in [-0.15, -0.1) is 12.4 Å². The normalized spacial score (nSPS) is 14.7. The van der Waals surface area contributed by atoms with Crippen molar-refractivity contribution in [2.45, 2.75) is 25.4 Å². The first-order valence-corrected chi connectivity index (χ1v) is 9.03. The Labute approximate surface area is 157 Å². The Balaban J connectivity index is 0.00000225. The van der Waals surface area contributed by atoms with E-state index in [4.69, 9.17) is 5.73 Å². The van der Waals surface area contributed by atoms with Crippen LogP contribution < -0.4 is 11.1 Å². The van der Waals surface area contributed by atoms with Gasteiger partial charge in [-0.05, 0) is 42.0 Å². The van der Waals surface area contributed by atoms with Gasteiger partial charge in [0.2, 0.25) is 0 Å². The van der Waals surface area contributed by atoms with E-state index < -0.39 is 0 Å². The molecule has 1 aliphatic heterocycles. The Morgan fingerprint density at radius 2 is 1.80 bits per heavy atom. The molecule has 2 amide bonds. The second kappa shape index (κ2) is 8.99. The zero-order chi connectivity index (χ0) is 16.9. The summed E-state index contributed by atoms with van der Waals surface area (Å²) in [5.41, 5.74) is 7.99. The van der Waals surface area contributed by atoms with Crippen molar-refractivity contribution in [2.75, 3.05) is 13.1 Å². The summed E-state index contributed by atoms with van der Waals surface area (Å²) in [4.78, 5) is 26.5. The fourth-order valence-corrected chi connectivity index (χ4v) is 3.49. The lowest BCUT2D eigenvalue weighted by Crippen LogP contribution is -2.46. The Kier molecular flexibility index (Phi) is 6.99. The summed E-state index contributed by atoms with van der Waals surface area (Å²) in [6.07, 6.45) is 1.56. The van der Waals surface area contributed by atoms with Crippen molar-refractivity contribution in [2.24, 2.45) is 5.73 Å². The molecule has 1 aliphatic rings. The Hall–Kier alpha value is -1.89. The Bertz CT molecular complexity index is 696. The van der Waals surface area contributed by atoms with Crippen LogP contribution in [0.25, 0.3) is 0 Å². The number of carbonyl (C=O) groups excluding carboxylic acids is 2. The zero-order valence-electron chi connectivity index (χ0n) is 13.8. The molecule has 0 spiro atoms. The van der Waals surface area contributed by atoms with Crippen molar-refractivity contribution in [1.29, 1.82) is 0 Å². The number of likely N-dealkylation sites (tertiary alicyclic amines) is 1. The largest absolute Gasteiger partial charge is 0.349 e. The van der Waals surface area contributed by atoms with Gasteiger partial charge in [-0.3, -0.25) is 9.59 Å². The minimum absolute atomic E-state index is 0. The quantitative estimate of drug-likeness (QED) is 0.857. The van der Waals surface area contributed by atoms with Gasteiger partial charge >= 0.3 is 0 Å². The molecular weight excluding hydrogens is 358 g/mol. The van der Waals surface area contributed by atoms with E-state index in [9.17, 15) is 9.59 Å². The standard InChI is InChI=1S/C18H21N3O2S.ClH/c19-11-13-1-3-14(4-2-13)18(23)21-8-5-16(6-9-21)20-17(22)15-7-10-24-12-15;/h1-4,7,10,12,16H,5-6,8-9,11,19H2,(H,20,22);1H. The van der Waals surface area contributed by atoms with Crippen LogP contribution in [0, 0.1) is 0 Å². The van der Waals surface area contributed by atoms with Gasteiger partial charge in [-0.2, -0.15) is 11.3 Å². The van der Waals surface area contributed by atoms with Crippen molar-refractivity contribution < 1.29 is 9.59 Å². The number of hydrogen-bond acceptors (Lipinski definition) is 4. The zero-order valence-corrected chi connectivity index (χ0v) is 15.4. The van der Waals surface area contributed by atoms with Crippen LogP contribution in [0.5, 0.6) is 0 Å². The number of thiophene rings is 1. The fourth-order valence-electron chi connectivity index (χ4n) is 2.86. The lowest BCUT2D eigenvalue weighted by Gasteiger charge is -2.32. The molecule has 1 saturated heterocycles. The number of hydrogen-bond donors (Lipinski definition) is 2. The van der Waals surface area contributed by atoms with Gasteiger partial charge in [-0.1, -0.05) is 12.1 Å². The number of carbonyl (C=O) groups is 2. The predicted molar refractivity (Wildman–Crippen MR) is 102 cm³/mol. The maximum atomic E-state index is 12.5. The minimum atomic E-state index is -0.0293. The first kappa shape index (κ1) is 19.4. The Morgan fingerprint density at radius 3 is 2.36 bits per heavy atom. The van der Waals surface area contributed by atoms with Gasteiger partial charge in [0, 0.05) is 42.2 Å². The molecule has 0 bridgehead atoms. The number of nitrogens with one attached hydrogen (secondary N) is 1. The highest BCUT2D eigenvalue weighted by atomic mass is 35.5. The number of amides is 2. The highest BCUT2D eigenvalue weighted by Crippen LogP contribution is 2.16. The maximum absolute atomic E-state index is 12.5. The van der Waals surface area contributed by atoms with Gasteiger partial charge in [0.05, 0.1) is 0 Å². The van der Waals surface area contributed by atoms with E-state index in [1.807, 2.05) is 46.0 Å². The van der Waals surface area contributed by atoms with Crippen LogP contribution in [-0.4, -0.2) is 35.8 Å². The highest BCUT2D eigenvalue weighted by molar-refractivity contribution is 7.08. The molecule has 2 heterocycles. The van der Waals surface area contributed by atoms with Gasteiger partial charge in [-0.25, -0.2) is 0 Å². The third kappa shape index (κ3) is 4.81. The van der Waals surface area contributed by atoms with E-state index in [0.717, 1.165) is 18.4 Å². The van der Waals surface area contributed by atoms with Crippen molar-refractivity contribution >= 4 is 35.6 Å². The third-order valence-corrected chi connectivity index (χ3v) is 5.02. The molecule has 25 heavy (non-hydrogen) atoms. The second-order valence-corrected chi connectivity index (χ2v) is 6.73. The van der Waals surface area contributed by atoms with Gasteiger partial charge in [0.15, 0.2) is 0 Å². The van der Waals surface area contributed by atoms with E-state index in [-0.39, 0.29) is 30.3 Å². The van der Waals surface area contributed by atoms with Crippen LogP contribution in [-0.2, 0) is 6.54 Å². The van der Waals surface area contributed by atoms with Crippen molar-refractivity contribution in [1.82, 2.24) is 10.2 Å². The molecule has 0 aliphatic carbocycles. The number of rotatable bonds is 4. The smallest absolute Gasteiger partial charge is 0.253 e. The summed E-state index contributed by atoms with van der Waals surface area (Å²) in [5, 5.41) is 6.79. The number of benzene rings is 1.